The number of rotatable bonds is 59. The van der Waals surface area contributed by atoms with Crippen LogP contribution in [0.4, 0.5) is 0 Å². The predicted molar refractivity (Wildman–Crippen MR) is 380 cm³/mol. The number of thioether (sulfide) groups is 4. The molecule has 0 N–H and O–H groups in total. The number of hydrogen-bond donors (Lipinski definition) is 4. The third-order valence-electron chi connectivity index (χ3n) is 12.7. The Bertz CT molecular complexity index is 1510. The number of thiol groups is 4. The van der Waals surface area contributed by atoms with E-state index in [1.807, 2.05) is 6.08 Å². The van der Waals surface area contributed by atoms with Crippen molar-refractivity contribution in [3.8, 4) is 0 Å². The normalized spacial score (nSPS) is 11.0. The lowest BCUT2D eigenvalue weighted by Gasteiger charge is -2.31. The van der Waals surface area contributed by atoms with Crippen LogP contribution in [-0.4, -0.2) is 170 Å². The topological polar surface area (TPSA) is 210 Å². The molecule has 516 valence electrons. The summed E-state index contributed by atoms with van der Waals surface area (Å²) in [6.45, 7) is 12.6. The zero-order valence-corrected chi connectivity index (χ0v) is 61.3. The Balaban J connectivity index is -0.00000172. The van der Waals surface area contributed by atoms with Crippen LogP contribution in [0, 0.1) is 10.8 Å². The summed E-state index contributed by atoms with van der Waals surface area (Å²) in [6.07, 6.45) is 25.9. The lowest BCUT2D eigenvalue weighted by atomic mass is 9.92. The summed E-state index contributed by atoms with van der Waals surface area (Å²) in [5.74, 6) is 4.14. The predicted octanol–water partition coefficient (Wildman–Crippen LogP) is 14.7. The quantitative estimate of drug-likeness (QED) is 0.0147. The number of hydrogen-bond acceptors (Lipinski definition) is 24. The minimum atomic E-state index is -1.25. The molecule has 0 aromatic heterocycles. The van der Waals surface area contributed by atoms with Crippen molar-refractivity contribution < 1.29 is 76.3 Å². The van der Waals surface area contributed by atoms with Gasteiger partial charge in [0.1, 0.15) is 63.7 Å². The number of carbonyl (C=O) groups is 8. The van der Waals surface area contributed by atoms with Crippen molar-refractivity contribution >= 4 is 145 Å². The molecule has 0 saturated heterocycles. The molecule has 0 fully saturated rings. The fourth-order valence-electron chi connectivity index (χ4n) is 7.21. The fourth-order valence-corrected chi connectivity index (χ4v) is 11.6. The third kappa shape index (κ3) is 61.8. The summed E-state index contributed by atoms with van der Waals surface area (Å²) >= 11 is 22.8. The van der Waals surface area contributed by atoms with Gasteiger partial charge in [-0.2, -0.15) is 97.6 Å². The molecule has 24 heteroatoms. The minimum absolute atomic E-state index is 0.0670. The number of unbranched alkanes of at least 4 members (excludes halogenated alkanes) is 14. The van der Waals surface area contributed by atoms with Gasteiger partial charge in [0.25, 0.3) is 0 Å². The molecule has 0 bridgehead atoms. The molecule has 0 aliphatic rings. The second-order valence-electron chi connectivity index (χ2n) is 21.3. The van der Waals surface area contributed by atoms with Crippen LogP contribution in [0.15, 0.2) is 12.7 Å². The van der Waals surface area contributed by atoms with Crippen molar-refractivity contribution in [1.82, 2.24) is 0 Å². The van der Waals surface area contributed by atoms with E-state index in [1.54, 1.807) is 47.0 Å². The van der Waals surface area contributed by atoms with Crippen molar-refractivity contribution in [3.63, 3.8) is 0 Å². The molecule has 0 unspecified atom stereocenters. The minimum Gasteiger partial charge on any atom is -0.465 e. The van der Waals surface area contributed by atoms with Crippen molar-refractivity contribution in [2.75, 3.05) is 122 Å². The molecule has 0 aliphatic carbocycles. The largest absolute Gasteiger partial charge is 0.465 e. The van der Waals surface area contributed by atoms with Gasteiger partial charge in [-0.25, -0.2) is 0 Å². The zero-order valence-electron chi connectivity index (χ0n) is 54.5. The monoisotopic (exact) mass is 1400 g/mol. The SMILES string of the molecule is C=CCCCC.CCCCCCSCCC(=O)OCC(COC(=O)CCSCCCCCC)(COC(=O)CCSCCCCCC)COC(=O)CCSCCCCCC.O=C(CCS)OCC(COC(=O)CCS)(COC(=O)CCS)COC(=O)CCS. The summed E-state index contributed by atoms with van der Waals surface area (Å²) in [7, 11) is 0. The first-order valence-electron chi connectivity index (χ1n) is 32.2. The van der Waals surface area contributed by atoms with E-state index in [-0.39, 0.29) is 151 Å². The van der Waals surface area contributed by atoms with Crippen molar-refractivity contribution in [2.45, 2.75) is 208 Å². The Hall–Kier alpha value is -1.70. The summed E-state index contributed by atoms with van der Waals surface area (Å²) in [5.41, 5.74) is -2.46. The molecule has 88 heavy (non-hydrogen) atoms. The highest BCUT2D eigenvalue weighted by atomic mass is 32.2. The lowest BCUT2D eigenvalue weighted by Crippen LogP contribution is -2.44. The molecule has 0 rings (SSSR count). The molecule has 16 nitrogen and oxygen atoms in total. The summed E-state index contributed by atoms with van der Waals surface area (Å²) in [5, 5.41) is 0. The zero-order chi connectivity index (χ0) is 66.0. The van der Waals surface area contributed by atoms with Gasteiger partial charge < -0.3 is 37.9 Å². The molecule has 0 heterocycles. The average Bonchev–Trinajstić information content (AvgIpc) is 3.63. The highest BCUT2D eigenvalue weighted by Crippen LogP contribution is 2.25. The number of ether oxygens (including phenoxy) is 8. The van der Waals surface area contributed by atoms with Crippen LogP contribution in [-0.2, 0) is 76.3 Å². The standard InChI is InChI=1S/C41H76O8S4.C17H28O8S4.C6H12/c1-5-9-13-17-25-50-29-21-37(42)46-33-41(34-47-38(43)22-30-51-26-18-14-10-6-2,35-48-39(44)23-31-52-27-19-15-11-7-3)36-49-40(45)24-32-53-28-20-16-12-8-4;18-13(1-5-26)22-9-17(10-23-14(19)2-6-27,11-24-15(20)3-7-28)12-25-16(21)4-8-29;1-3-5-6-4-2/h5-36H2,1-4H3;26-29H,1-12H2;3H,1,4-6H2,2H3. The first kappa shape index (κ1) is 90.5. The van der Waals surface area contributed by atoms with Crippen LogP contribution in [0.5, 0.6) is 0 Å². The molecule has 0 aromatic rings. The highest BCUT2D eigenvalue weighted by Gasteiger charge is 2.39. The maximum Gasteiger partial charge on any atom is 0.306 e. The maximum absolute atomic E-state index is 12.9. The Morgan fingerprint density at radius 3 is 0.648 bits per heavy atom. The highest BCUT2D eigenvalue weighted by molar-refractivity contribution is 7.99. The molecule has 0 amide bonds. The second kappa shape index (κ2) is 68.2. The van der Waals surface area contributed by atoms with Gasteiger partial charge in [0, 0.05) is 46.0 Å². The van der Waals surface area contributed by atoms with E-state index in [4.69, 9.17) is 37.9 Å². The summed E-state index contributed by atoms with van der Waals surface area (Å²) in [4.78, 5) is 98.7. The molecule has 0 aliphatic heterocycles. The van der Waals surface area contributed by atoms with Crippen LogP contribution in [0.25, 0.3) is 0 Å². The Kier molecular flexibility index (Phi) is 70.1. The second-order valence-corrected chi connectivity index (χ2v) is 28.0. The Morgan fingerprint density at radius 2 is 0.489 bits per heavy atom. The van der Waals surface area contributed by atoms with Gasteiger partial charge >= 0.3 is 47.8 Å². The van der Waals surface area contributed by atoms with E-state index in [0.717, 1.165) is 48.7 Å². The first-order chi connectivity index (χ1) is 42.6. The lowest BCUT2D eigenvalue weighted by molar-refractivity contribution is -0.173. The molecule has 0 atom stereocenters. The van der Waals surface area contributed by atoms with Gasteiger partial charge in [-0.15, -0.1) is 6.58 Å². The molecule has 0 radical (unpaired) electrons. The van der Waals surface area contributed by atoms with Crippen LogP contribution in [0.3, 0.4) is 0 Å². The van der Waals surface area contributed by atoms with Crippen LogP contribution in [0.2, 0.25) is 0 Å². The van der Waals surface area contributed by atoms with Gasteiger partial charge in [-0.1, -0.05) is 131 Å². The molecule has 0 saturated carbocycles. The number of allylic oxidation sites excluding steroid dienone is 1. The van der Waals surface area contributed by atoms with Crippen LogP contribution in [0.1, 0.15) is 208 Å². The van der Waals surface area contributed by atoms with E-state index in [9.17, 15) is 38.4 Å². The first-order valence-corrected chi connectivity index (χ1v) is 39.3. The summed E-state index contributed by atoms with van der Waals surface area (Å²) in [6, 6.07) is 0. The van der Waals surface area contributed by atoms with Crippen molar-refractivity contribution in [2.24, 2.45) is 10.8 Å². The van der Waals surface area contributed by atoms with Crippen LogP contribution >= 0.6 is 97.6 Å². The third-order valence-corrected chi connectivity index (χ3v) is 17.9. The molecule has 0 aromatic carbocycles. The Labute approximate surface area is 570 Å². The van der Waals surface area contributed by atoms with E-state index >= 15 is 0 Å². The molecular formula is C64H116O16S8. The van der Waals surface area contributed by atoms with Gasteiger partial charge in [-0.3, -0.25) is 38.4 Å². The summed E-state index contributed by atoms with van der Waals surface area (Å²) < 4.78 is 43.9. The fraction of sp³-hybridized carbons (Fsp3) is 0.844. The van der Waals surface area contributed by atoms with E-state index in [1.165, 1.54) is 96.3 Å². The molecule has 0 spiro atoms. The van der Waals surface area contributed by atoms with E-state index < -0.39 is 34.7 Å². The van der Waals surface area contributed by atoms with Crippen molar-refractivity contribution in [3.05, 3.63) is 12.7 Å². The average molecular weight is 1400 g/mol. The van der Waals surface area contributed by atoms with Crippen LogP contribution < -0.4 is 0 Å². The maximum atomic E-state index is 12.9. The van der Waals surface area contributed by atoms with E-state index in [0.29, 0.717) is 23.0 Å². The van der Waals surface area contributed by atoms with Crippen molar-refractivity contribution in [1.29, 1.82) is 0 Å². The van der Waals surface area contributed by atoms with Gasteiger partial charge in [0.05, 0.1) is 51.4 Å². The van der Waals surface area contributed by atoms with Gasteiger partial charge in [-0.05, 0) is 55.1 Å². The van der Waals surface area contributed by atoms with Gasteiger partial charge in [0.2, 0.25) is 0 Å². The van der Waals surface area contributed by atoms with E-state index in [2.05, 4.69) is 91.7 Å². The Morgan fingerprint density at radius 1 is 0.295 bits per heavy atom. The number of carbonyl (C=O) groups excluding carboxylic acids is 8. The van der Waals surface area contributed by atoms with Gasteiger partial charge in [0.15, 0.2) is 0 Å². The number of esters is 8. The molecular weight excluding hydrogens is 1280 g/mol. The smallest absolute Gasteiger partial charge is 0.306 e.